The molecule has 0 fully saturated rings. The molecule has 0 saturated carbocycles. The van der Waals surface area contributed by atoms with Gasteiger partial charge in [0.25, 0.3) is 0 Å². The molecule has 2 nitrogen and oxygen atoms in total. The molecule has 0 N–H and O–H groups in total. The number of benzene rings is 6. The Hall–Kier alpha value is -4.77. The first kappa shape index (κ1) is 25.7. The van der Waals surface area contributed by atoms with E-state index < -0.39 is 0 Å². The molecule has 2 aromatic heterocycles. The third-order valence-corrected chi connectivity index (χ3v) is 11.3. The summed E-state index contributed by atoms with van der Waals surface area (Å²) >= 11 is 3.61. The van der Waals surface area contributed by atoms with Gasteiger partial charge in [0.2, 0.25) is 0 Å². The summed E-state index contributed by atoms with van der Waals surface area (Å²) < 4.78 is 3.81. The topological polar surface area (TPSA) is 16.1 Å². The van der Waals surface area contributed by atoms with Crippen molar-refractivity contribution < 1.29 is 0 Å². The summed E-state index contributed by atoms with van der Waals surface area (Å²) in [4.78, 5) is 7.50. The Balaban J connectivity index is 1.24. The molecule has 2 heterocycles. The van der Waals surface area contributed by atoms with Gasteiger partial charge in [0.15, 0.2) is 0 Å². The Kier molecular flexibility index (Phi) is 5.62. The predicted octanol–water partition coefficient (Wildman–Crippen LogP) is 12.1. The largest absolute Gasteiger partial charge is 0.310 e. The fourth-order valence-electron chi connectivity index (χ4n) is 6.89. The molecule has 0 radical (unpaired) electrons. The van der Waals surface area contributed by atoms with Gasteiger partial charge in [-0.3, -0.25) is 0 Å². The Bertz CT molecular complexity index is 2380. The van der Waals surface area contributed by atoms with Crippen molar-refractivity contribution >= 4 is 70.1 Å². The maximum absolute atomic E-state index is 5.09. The van der Waals surface area contributed by atoms with E-state index in [1.807, 2.05) is 11.3 Å². The molecule has 44 heavy (non-hydrogen) atoms. The molecule has 0 amide bonds. The number of aromatic nitrogens is 1. The third kappa shape index (κ3) is 3.88. The molecule has 1 aliphatic rings. The van der Waals surface area contributed by atoms with Crippen LogP contribution in [0, 0.1) is 0 Å². The number of anilines is 3. The maximum Gasteiger partial charge on any atom is 0.124 e. The summed E-state index contributed by atoms with van der Waals surface area (Å²) in [5.41, 5.74) is 10.9. The van der Waals surface area contributed by atoms with E-state index in [4.69, 9.17) is 4.98 Å². The predicted molar refractivity (Wildman–Crippen MR) is 190 cm³/mol. The Morgan fingerprint density at radius 1 is 0.523 bits per heavy atom. The summed E-state index contributed by atoms with van der Waals surface area (Å²) in [5, 5.41) is 3.68. The van der Waals surface area contributed by atoms with Gasteiger partial charge in [-0.2, -0.15) is 0 Å². The molecule has 0 atom stereocenters. The number of hydrogen-bond acceptors (Lipinski definition) is 4. The minimum absolute atomic E-state index is 0.0769. The molecule has 0 bridgehead atoms. The summed E-state index contributed by atoms with van der Waals surface area (Å²) in [6.07, 6.45) is 0. The molecule has 9 rings (SSSR count). The summed E-state index contributed by atoms with van der Waals surface area (Å²) in [7, 11) is 0. The van der Waals surface area contributed by atoms with Crippen molar-refractivity contribution in [3.05, 3.63) is 145 Å². The second-order valence-corrected chi connectivity index (χ2v) is 14.2. The van der Waals surface area contributed by atoms with Crippen molar-refractivity contribution in [2.75, 3.05) is 4.90 Å². The van der Waals surface area contributed by atoms with Crippen LogP contribution < -0.4 is 4.90 Å². The molecular formula is C40H28N2S2. The van der Waals surface area contributed by atoms with E-state index >= 15 is 0 Å². The molecule has 0 aliphatic heterocycles. The van der Waals surface area contributed by atoms with E-state index in [0.29, 0.717) is 0 Å². The van der Waals surface area contributed by atoms with Crippen molar-refractivity contribution in [1.29, 1.82) is 0 Å². The van der Waals surface area contributed by atoms with E-state index in [0.717, 1.165) is 33.1 Å². The Labute approximate surface area is 264 Å². The zero-order valence-electron chi connectivity index (χ0n) is 24.4. The number of thiophene rings is 1. The minimum Gasteiger partial charge on any atom is -0.310 e. The maximum atomic E-state index is 5.09. The van der Waals surface area contributed by atoms with Crippen LogP contribution >= 0.6 is 22.7 Å². The molecule has 8 aromatic rings. The molecule has 4 heteroatoms. The first-order valence-electron chi connectivity index (χ1n) is 15.0. The SMILES string of the molecule is CC1(C)c2ccccc2-c2ccc(N(c3ccc4sc(-c5ccccc5)nc4c3)c3ccc4c(c3)sc3ccccc34)cc21. The highest BCUT2D eigenvalue weighted by atomic mass is 32.1. The highest BCUT2D eigenvalue weighted by Crippen LogP contribution is 2.51. The lowest BCUT2D eigenvalue weighted by Gasteiger charge is -2.28. The third-order valence-electron chi connectivity index (χ3n) is 9.10. The van der Waals surface area contributed by atoms with Crippen molar-refractivity contribution in [3.63, 3.8) is 0 Å². The number of nitrogens with zero attached hydrogens (tertiary/aromatic N) is 2. The van der Waals surface area contributed by atoms with Crippen LogP contribution in [0.5, 0.6) is 0 Å². The van der Waals surface area contributed by atoms with Crippen LogP contribution in [0.15, 0.2) is 133 Å². The number of hydrogen-bond donors (Lipinski definition) is 0. The molecule has 0 spiro atoms. The van der Waals surface area contributed by atoms with Crippen LogP contribution in [0.1, 0.15) is 25.0 Å². The summed E-state index contributed by atoms with van der Waals surface area (Å²) in [5.74, 6) is 0. The molecular weight excluding hydrogens is 573 g/mol. The second kappa shape index (κ2) is 9.62. The van der Waals surface area contributed by atoms with Crippen LogP contribution in [0.2, 0.25) is 0 Å². The van der Waals surface area contributed by atoms with Crippen LogP contribution in [-0.4, -0.2) is 4.98 Å². The normalized spacial score (nSPS) is 13.4. The number of rotatable bonds is 4. The van der Waals surface area contributed by atoms with Crippen molar-refractivity contribution in [2.24, 2.45) is 0 Å². The fraction of sp³-hybridized carbons (Fsp3) is 0.0750. The van der Waals surface area contributed by atoms with Gasteiger partial charge in [-0.15, -0.1) is 22.7 Å². The van der Waals surface area contributed by atoms with Gasteiger partial charge in [-0.1, -0.05) is 98.8 Å². The molecule has 6 aromatic carbocycles. The first-order chi connectivity index (χ1) is 21.5. The van der Waals surface area contributed by atoms with Crippen molar-refractivity contribution in [1.82, 2.24) is 4.98 Å². The van der Waals surface area contributed by atoms with E-state index in [9.17, 15) is 0 Å². The van der Waals surface area contributed by atoms with Gasteiger partial charge >= 0.3 is 0 Å². The molecule has 210 valence electrons. The quantitative estimate of drug-likeness (QED) is 0.200. The lowest BCUT2D eigenvalue weighted by Crippen LogP contribution is -2.16. The van der Waals surface area contributed by atoms with Crippen LogP contribution in [0.3, 0.4) is 0 Å². The highest BCUT2D eigenvalue weighted by Gasteiger charge is 2.35. The minimum atomic E-state index is -0.0769. The van der Waals surface area contributed by atoms with E-state index in [2.05, 4.69) is 152 Å². The van der Waals surface area contributed by atoms with Crippen LogP contribution in [0.25, 0.3) is 52.1 Å². The monoisotopic (exact) mass is 600 g/mol. The smallest absolute Gasteiger partial charge is 0.124 e. The lowest BCUT2D eigenvalue weighted by molar-refractivity contribution is 0.660. The van der Waals surface area contributed by atoms with Gasteiger partial charge in [0.1, 0.15) is 5.01 Å². The Morgan fingerprint density at radius 2 is 1.20 bits per heavy atom. The van der Waals surface area contributed by atoms with Gasteiger partial charge in [-0.25, -0.2) is 4.98 Å². The van der Waals surface area contributed by atoms with Gasteiger partial charge in [-0.05, 0) is 70.8 Å². The zero-order chi connectivity index (χ0) is 29.4. The molecule has 0 unspecified atom stereocenters. The van der Waals surface area contributed by atoms with E-state index in [-0.39, 0.29) is 5.41 Å². The summed E-state index contributed by atoms with van der Waals surface area (Å²) in [6, 6.07) is 48.7. The van der Waals surface area contributed by atoms with Gasteiger partial charge in [0, 0.05) is 48.2 Å². The van der Waals surface area contributed by atoms with Crippen molar-refractivity contribution in [3.8, 4) is 21.7 Å². The number of fused-ring (bicyclic) bond motifs is 7. The van der Waals surface area contributed by atoms with Gasteiger partial charge in [0.05, 0.1) is 10.2 Å². The van der Waals surface area contributed by atoms with E-state index in [1.54, 1.807) is 11.3 Å². The standard InChI is InChI=1S/C40H28N2S2/c1-40(2)33-14-8-6-12-29(33)30-19-16-26(22-34(30)40)42(28-17-20-32-31-13-7-9-15-36(31)43-38(32)24-28)27-18-21-37-35(23-27)41-39(44-37)25-10-4-3-5-11-25/h3-24H,1-2H3. The first-order valence-corrected chi connectivity index (χ1v) is 16.6. The van der Waals surface area contributed by atoms with E-state index in [1.165, 1.54) is 47.1 Å². The lowest BCUT2D eigenvalue weighted by atomic mass is 9.82. The average Bonchev–Trinajstić information content (AvgIpc) is 3.72. The summed E-state index contributed by atoms with van der Waals surface area (Å²) in [6.45, 7) is 4.70. The van der Waals surface area contributed by atoms with Crippen LogP contribution in [-0.2, 0) is 5.41 Å². The molecule has 1 aliphatic carbocycles. The van der Waals surface area contributed by atoms with Crippen molar-refractivity contribution in [2.45, 2.75) is 19.3 Å². The van der Waals surface area contributed by atoms with Crippen LogP contribution in [0.4, 0.5) is 17.1 Å². The second-order valence-electron chi connectivity index (χ2n) is 12.1. The fourth-order valence-corrected chi connectivity index (χ4v) is 8.98. The zero-order valence-corrected chi connectivity index (χ0v) is 26.0. The van der Waals surface area contributed by atoms with Gasteiger partial charge < -0.3 is 4.90 Å². The molecule has 0 saturated heterocycles. The average molecular weight is 601 g/mol. The highest BCUT2D eigenvalue weighted by molar-refractivity contribution is 7.25. The number of thiazole rings is 1. The Morgan fingerprint density at radius 3 is 2.11 bits per heavy atom.